The SMILES string of the molecule is CC[Si](CC)(CC)O[C@H]1C(=O)N(C(=O)c2ccccc2)[C@H]1c1ccc2c(c1)OCO2. The van der Waals surface area contributed by atoms with Crippen LogP contribution in [-0.2, 0) is 9.22 Å². The van der Waals surface area contributed by atoms with Crippen LogP contribution in [0.1, 0.15) is 42.7 Å². The Bertz CT molecular complexity index is 936. The molecule has 0 aromatic heterocycles. The summed E-state index contributed by atoms with van der Waals surface area (Å²) in [5, 5.41) is 0. The Morgan fingerprint density at radius 3 is 2.37 bits per heavy atom. The van der Waals surface area contributed by atoms with Crippen LogP contribution in [0.2, 0.25) is 18.1 Å². The Balaban J connectivity index is 1.70. The van der Waals surface area contributed by atoms with E-state index in [0.717, 1.165) is 23.7 Å². The van der Waals surface area contributed by atoms with Gasteiger partial charge >= 0.3 is 0 Å². The molecule has 158 valence electrons. The molecule has 2 heterocycles. The van der Waals surface area contributed by atoms with Crippen molar-refractivity contribution < 1.29 is 23.5 Å². The van der Waals surface area contributed by atoms with Crippen molar-refractivity contribution >= 4 is 20.1 Å². The molecule has 0 bridgehead atoms. The first-order valence-electron chi connectivity index (χ1n) is 10.5. The zero-order valence-electron chi connectivity index (χ0n) is 17.6. The fourth-order valence-electron chi connectivity index (χ4n) is 4.21. The molecule has 1 saturated heterocycles. The number of carbonyl (C=O) groups excluding carboxylic acids is 2. The Labute approximate surface area is 177 Å². The summed E-state index contributed by atoms with van der Waals surface area (Å²) in [5.74, 6) is 0.725. The predicted molar refractivity (Wildman–Crippen MR) is 115 cm³/mol. The standard InChI is InChI=1S/C23H27NO5Si/c1-4-30(5-2,6-3)29-21-20(17-12-13-18-19(14-17)28-15-27-18)24(23(21)26)22(25)16-10-8-7-9-11-16/h7-14,20-21H,4-6,15H2,1-3H3/t20-,21+/m0/s1. The second-order valence-corrected chi connectivity index (χ2v) is 12.4. The zero-order chi connectivity index (χ0) is 21.3. The minimum Gasteiger partial charge on any atom is -0.454 e. The van der Waals surface area contributed by atoms with E-state index in [9.17, 15) is 9.59 Å². The summed E-state index contributed by atoms with van der Waals surface area (Å²) in [4.78, 5) is 27.7. The Morgan fingerprint density at radius 1 is 1.03 bits per heavy atom. The fraction of sp³-hybridized carbons (Fsp3) is 0.391. The molecule has 2 aromatic carbocycles. The highest BCUT2D eigenvalue weighted by Crippen LogP contribution is 2.44. The van der Waals surface area contributed by atoms with Crippen LogP contribution in [0.5, 0.6) is 11.5 Å². The molecule has 0 N–H and O–H groups in total. The Morgan fingerprint density at radius 2 is 1.70 bits per heavy atom. The summed E-state index contributed by atoms with van der Waals surface area (Å²) in [7, 11) is -2.05. The van der Waals surface area contributed by atoms with Crippen LogP contribution in [0.3, 0.4) is 0 Å². The smallest absolute Gasteiger partial charge is 0.261 e. The monoisotopic (exact) mass is 425 g/mol. The van der Waals surface area contributed by atoms with Crippen LogP contribution in [0.4, 0.5) is 0 Å². The minimum atomic E-state index is -2.05. The molecular formula is C23H27NO5Si. The molecule has 7 heteroatoms. The van der Waals surface area contributed by atoms with E-state index >= 15 is 0 Å². The number of nitrogens with zero attached hydrogens (tertiary/aromatic N) is 1. The first-order chi connectivity index (χ1) is 14.5. The van der Waals surface area contributed by atoms with E-state index in [1.807, 2.05) is 24.3 Å². The van der Waals surface area contributed by atoms with Crippen LogP contribution >= 0.6 is 0 Å². The molecule has 6 nitrogen and oxygen atoms in total. The van der Waals surface area contributed by atoms with E-state index in [2.05, 4.69) is 20.8 Å². The maximum Gasteiger partial charge on any atom is 0.261 e. The van der Waals surface area contributed by atoms with Crippen molar-refractivity contribution in [3.05, 3.63) is 59.7 Å². The van der Waals surface area contributed by atoms with Crippen molar-refractivity contribution in [3.63, 3.8) is 0 Å². The zero-order valence-corrected chi connectivity index (χ0v) is 18.6. The number of rotatable bonds is 7. The number of imide groups is 1. The highest BCUT2D eigenvalue weighted by Gasteiger charge is 2.55. The second kappa shape index (κ2) is 8.24. The quantitative estimate of drug-likeness (QED) is 0.370. The van der Waals surface area contributed by atoms with Crippen molar-refractivity contribution in [1.82, 2.24) is 4.90 Å². The summed E-state index contributed by atoms with van der Waals surface area (Å²) in [5.41, 5.74) is 1.30. The Hall–Kier alpha value is -2.64. The summed E-state index contributed by atoms with van der Waals surface area (Å²) in [6, 6.07) is 16.8. The number of fused-ring (bicyclic) bond motifs is 1. The number of β-lactam (4-membered cyclic amide) rings is 1. The van der Waals surface area contributed by atoms with Gasteiger partial charge in [-0.25, -0.2) is 0 Å². The first-order valence-corrected chi connectivity index (χ1v) is 13.1. The summed E-state index contributed by atoms with van der Waals surface area (Å²) in [6.45, 7) is 6.56. The van der Waals surface area contributed by atoms with Gasteiger partial charge in [0.05, 0.1) is 6.04 Å². The van der Waals surface area contributed by atoms with Gasteiger partial charge in [0, 0.05) is 5.56 Å². The summed E-state index contributed by atoms with van der Waals surface area (Å²) in [6.07, 6.45) is -0.649. The number of carbonyl (C=O) groups is 2. The van der Waals surface area contributed by atoms with E-state index < -0.39 is 20.5 Å². The topological polar surface area (TPSA) is 65.1 Å². The molecule has 0 radical (unpaired) electrons. The average molecular weight is 426 g/mol. The summed E-state index contributed by atoms with van der Waals surface area (Å²) >= 11 is 0. The molecule has 4 rings (SSSR count). The van der Waals surface area contributed by atoms with Gasteiger partial charge in [-0.15, -0.1) is 0 Å². The first kappa shape index (κ1) is 20.6. The lowest BCUT2D eigenvalue weighted by Crippen LogP contribution is -2.64. The van der Waals surface area contributed by atoms with Crippen molar-refractivity contribution in [2.24, 2.45) is 0 Å². The lowest BCUT2D eigenvalue weighted by atomic mass is 9.89. The van der Waals surface area contributed by atoms with Crippen molar-refractivity contribution in [2.75, 3.05) is 6.79 Å². The lowest BCUT2D eigenvalue weighted by molar-refractivity contribution is -0.158. The minimum absolute atomic E-state index is 0.173. The van der Waals surface area contributed by atoms with E-state index in [4.69, 9.17) is 13.9 Å². The van der Waals surface area contributed by atoms with E-state index in [0.29, 0.717) is 17.1 Å². The molecule has 2 atom stereocenters. The normalized spacial score (nSPS) is 20.2. The van der Waals surface area contributed by atoms with Gasteiger partial charge in [-0.05, 0) is 48.0 Å². The third-order valence-corrected chi connectivity index (χ3v) is 11.0. The highest BCUT2D eigenvalue weighted by atomic mass is 28.4. The van der Waals surface area contributed by atoms with Crippen molar-refractivity contribution in [2.45, 2.75) is 51.0 Å². The molecule has 1 fully saturated rings. The van der Waals surface area contributed by atoms with E-state index in [-0.39, 0.29) is 18.6 Å². The molecule has 0 spiro atoms. The number of likely N-dealkylation sites (tertiary alicyclic amines) is 1. The molecule has 2 amide bonds. The number of amides is 2. The van der Waals surface area contributed by atoms with Crippen molar-refractivity contribution in [3.8, 4) is 11.5 Å². The van der Waals surface area contributed by atoms with Crippen LogP contribution < -0.4 is 9.47 Å². The van der Waals surface area contributed by atoms with Crippen LogP contribution in [0.15, 0.2) is 48.5 Å². The summed E-state index contributed by atoms with van der Waals surface area (Å²) < 4.78 is 17.5. The van der Waals surface area contributed by atoms with Gasteiger partial charge in [-0.3, -0.25) is 14.5 Å². The predicted octanol–water partition coefficient (Wildman–Crippen LogP) is 4.53. The Kier molecular flexibility index (Phi) is 5.66. The number of benzene rings is 2. The number of hydrogen-bond donors (Lipinski definition) is 0. The fourth-order valence-corrected chi connectivity index (χ4v) is 6.98. The average Bonchev–Trinajstić information content (AvgIpc) is 3.26. The van der Waals surface area contributed by atoms with E-state index in [1.165, 1.54) is 4.90 Å². The highest BCUT2D eigenvalue weighted by molar-refractivity contribution is 6.73. The van der Waals surface area contributed by atoms with Gasteiger partial charge in [0.1, 0.15) is 0 Å². The number of ether oxygens (including phenoxy) is 2. The molecule has 2 aliphatic rings. The molecule has 2 aromatic rings. The maximum absolute atomic E-state index is 13.2. The lowest BCUT2D eigenvalue weighted by Gasteiger charge is -2.48. The van der Waals surface area contributed by atoms with Gasteiger partial charge in [0.15, 0.2) is 25.9 Å². The third kappa shape index (κ3) is 3.42. The van der Waals surface area contributed by atoms with E-state index in [1.54, 1.807) is 24.3 Å². The molecule has 30 heavy (non-hydrogen) atoms. The third-order valence-electron chi connectivity index (χ3n) is 6.33. The van der Waals surface area contributed by atoms with Gasteiger partial charge in [0.2, 0.25) is 6.79 Å². The molecule has 0 unspecified atom stereocenters. The van der Waals surface area contributed by atoms with Gasteiger partial charge in [-0.1, -0.05) is 45.0 Å². The molecule has 0 aliphatic carbocycles. The van der Waals surface area contributed by atoms with Crippen LogP contribution in [0, 0.1) is 0 Å². The molecular weight excluding hydrogens is 398 g/mol. The molecule has 0 saturated carbocycles. The van der Waals surface area contributed by atoms with Crippen LogP contribution in [0.25, 0.3) is 0 Å². The van der Waals surface area contributed by atoms with Gasteiger partial charge in [0.25, 0.3) is 11.8 Å². The van der Waals surface area contributed by atoms with Gasteiger partial charge < -0.3 is 13.9 Å². The number of hydrogen-bond acceptors (Lipinski definition) is 5. The maximum atomic E-state index is 13.2. The van der Waals surface area contributed by atoms with Crippen LogP contribution in [-0.4, -0.2) is 37.9 Å². The second-order valence-electron chi connectivity index (χ2n) is 7.72. The molecule has 2 aliphatic heterocycles. The van der Waals surface area contributed by atoms with Gasteiger partial charge in [-0.2, -0.15) is 0 Å². The van der Waals surface area contributed by atoms with Crippen molar-refractivity contribution in [1.29, 1.82) is 0 Å². The largest absolute Gasteiger partial charge is 0.454 e.